The van der Waals surface area contributed by atoms with Crippen molar-refractivity contribution < 1.29 is 9.53 Å². The van der Waals surface area contributed by atoms with Gasteiger partial charge >= 0.3 is 0 Å². The molecule has 0 saturated carbocycles. The number of ether oxygens (including phenoxy) is 1. The van der Waals surface area contributed by atoms with Crippen LogP contribution in [0.15, 0.2) is 113 Å². The molecule has 1 atom stereocenters. The molecule has 1 aromatic heterocycles. The van der Waals surface area contributed by atoms with Crippen LogP contribution >= 0.6 is 11.8 Å². The average molecular weight is 602 g/mol. The van der Waals surface area contributed by atoms with E-state index in [0.717, 1.165) is 45.1 Å². The molecule has 0 radical (unpaired) electrons. The van der Waals surface area contributed by atoms with Crippen molar-refractivity contribution in [2.45, 2.75) is 51.3 Å². The predicted molar refractivity (Wildman–Crippen MR) is 177 cm³/mol. The van der Waals surface area contributed by atoms with Crippen LogP contribution in [0.5, 0.6) is 5.75 Å². The Labute approximate surface area is 262 Å². The fraction of sp³-hybridized carbons (Fsp3) is 0.194. The number of hydrogen-bond acceptors (Lipinski definition) is 6. The maximum Gasteiger partial charge on any atom is 0.255 e. The van der Waals surface area contributed by atoms with Crippen LogP contribution in [0.1, 0.15) is 46.3 Å². The van der Waals surface area contributed by atoms with E-state index in [-0.39, 0.29) is 5.91 Å². The Balaban J connectivity index is 1.30. The van der Waals surface area contributed by atoms with Gasteiger partial charge < -0.3 is 15.4 Å². The van der Waals surface area contributed by atoms with Gasteiger partial charge in [0.05, 0.1) is 5.57 Å². The molecule has 1 amide bonds. The number of fused-ring (bicyclic) bond motifs is 1. The summed E-state index contributed by atoms with van der Waals surface area (Å²) >= 11 is 1.57. The Kier molecular flexibility index (Phi) is 8.52. The lowest BCUT2D eigenvalue weighted by Crippen LogP contribution is -2.31. The van der Waals surface area contributed by atoms with E-state index in [9.17, 15) is 4.79 Å². The molecule has 0 fully saturated rings. The van der Waals surface area contributed by atoms with E-state index >= 15 is 0 Å². The molecule has 1 aliphatic heterocycles. The van der Waals surface area contributed by atoms with E-state index in [0.29, 0.717) is 23.3 Å². The third kappa shape index (κ3) is 6.40. The molecular formula is C36H35N5O2S. The number of anilines is 2. The molecule has 0 spiro atoms. The first-order valence-electron chi connectivity index (χ1n) is 14.6. The second kappa shape index (κ2) is 12.8. The smallest absolute Gasteiger partial charge is 0.255 e. The molecule has 2 heterocycles. The number of carbonyl (C=O) groups excluding carboxylic acids is 1. The Morgan fingerprint density at radius 2 is 1.66 bits per heavy atom. The van der Waals surface area contributed by atoms with Gasteiger partial charge in [0.25, 0.3) is 5.91 Å². The molecule has 6 rings (SSSR count). The molecule has 5 aromatic rings. The number of benzene rings is 4. The summed E-state index contributed by atoms with van der Waals surface area (Å²) in [6.07, 6.45) is 0. The van der Waals surface area contributed by atoms with Crippen LogP contribution < -0.4 is 15.4 Å². The second-order valence-corrected chi connectivity index (χ2v) is 12.0. The summed E-state index contributed by atoms with van der Waals surface area (Å²) in [5, 5.41) is 12.0. The molecule has 0 bridgehead atoms. The zero-order valence-electron chi connectivity index (χ0n) is 25.3. The average Bonchev–Trinajstić information content (AvgIpc) is 3.44. The van der Waals surface area contributed by atoms with Crippen molar-refractivity contribution in [3.05, 3.63) is 142 Å². The monoisotopic (exact) mass is 601 g/mol. The van der Waals surface area contributed by atoms with Gasteiger partial charge in [0.1, 0.15) is 18.4 Å². The van der Waals surface area contributed by atoms with E-state index in [1.54, 1.807) is 11.8 Å². The van der Waals surface area contributed by atoms with Crippen LogP contribution in [0.2, 0.25) is 0 Å². The van der Waals surface area contributed by atoms with Gasteiger partial charge in [-0.05, 0) is 73.7 Å². The van der Waals surface area contributed by atoms with Gasteiger partial charge in [-0.25, -0.2) is 4.68 Å². The fourth-order valence-electron chi connectivity index (χ4n) is 5.31. The topological polar surface area (TPSA) is 81.1 Å². The molecule has 0 aliphatic carbocycles. The number of allylic oxidation sites excluding steroid dienone is 1. The van der Waals surface area contributed by atoms with Gasteiger partial charge in [0, 0.05) is 17.1 Å². The largest absolute Gasteiger partial charge is 0.489 e. The van der Waals surface area contributed by atoms with Gasteiger partial charge in [-0.3, -0.25) is 4.79 Å². The minimum Gasteiger partial charge on any atom is -0.489 e. The molecule has 1 unspecified atom stereocenters. The summed E-state index contributed by atoms with van der Waals surface area (Å²) in [6, 6.07) is 31.9. The summed E-state index contributed by atoms with van der Waals surface area (Å²) in [6.45, 7) is 8.53. The van der Waals surface area contributed by atoms with Gasteiger partial charge in [0.2, 0.25) is 11.1 Å². The van der Waals surface area contributed by atoms with E-state index in [4.69, 9.17) is 14.8 Å². The van der Waals surface area contributed by atoms with Crippen molar-refractivity contribution in [2.24, 2.45) is 0 Å². The Bertz CT molecular complexity index is 1830. The highest BCUT2D eigenvalue weighted by atomic mass is 32.2. The number of nitrogens with zero attached hydrogens (tertiary/aromatic N) is 3. The molecule has 4 aromatic carbocycles. The lowest BCUT2D eigenvalue weighted by Gasteiger charge is -2.29. The van der Waals surface area contributed by atoms with Crippen molar-refractivity contribution >= 4 is 29.3 Å². The van der Waals surface area contributed by atoms with E-state index in [1.165, 1.54) is 11.1 Å². The summed E-state index contributed by atoms with van der Waals surface area (Å²) in [4.78, 5) is 18.8. The van der Waals surface area contributed by atoms with E-state index in [1.807, 2.05) is 92.2 Å². The van der Waals surface area contributed by atoms with Gasteiger partial charge in [-0.1, -0.05) is 96.2 Å². The van der Waals surface area contributed by atoms with Crippen molar-refractivity contribution in [3.8, 4) is 5.75 Å². The maximum atomic E-state index is 14.0. The van der Waals surface area contributed by atoms with E-state index < -0.39 is 6.04 Å². The zero-order valence-corrected chi connectivity index (χ0v) is 26.1. The van der Waals surface area contributed by atoms with Crippen molar-refractivity contribution in [2.75, 3.05) is 10.6 Å². The van der Waals surface area contributed by atoms with Crippen LogP contribution in [0.25, 0.3) is 0 Å². The standard InChI is InChI=1S/C36H35N5O2S/c1-23-10-8-14-28(20-23)21-43-30-18-16-29(17-19-30)33-32(34(42)38-31-15-9-11-24(2)25(31)3)26(4)37-35-39-36(40-41(33)35)44-22-27-12-6-5-7-13-27/h5-20,33H,21-22H2,1-4H3,(H,38,42)(H,37,39,40). The number of carbonyl (C=O) groups is 1. The number of aryl methyl sites for hydroxylation is 2. The normalized spacial score (nSPS) is 14.1. The first-order chi connectivity index (χ1) is 21.4. The molecule has 2 N–H and O–H groups in total. The van der Waals surface area contributed by atoms with Crippen molar-refractivity contribution in [3.63, 3.8) is 0 Å². The number of amides is 1. The van der Waals surface area contributed by atoms with Crippen LogP contribution in [0.3, 0.4) is 0 Å². The quantitative estimate of drug-likeness (QED) is 0.167. The Hall–Kier alpha value is -4.82. The lowest BCUT2D eigenvalue weighted by atomic mass is 9.94. The van der Waals surface area contributed by atoms with Crippen molar-refractivity contribution in [1.29, 1.82) is 0 Å². The summed E-state index contributed by atoms with van der Waals surface area (Å²) in [5.41, 5.74) is 8.67. The first-order valence-corrected chi connectivity index (χ1v) is 15.6. The van der Waals surface area contributed by atoms with Gasteiger partial charge in [0.15, 0.2) is 0 Å². The zero-order chi connectivity index (χ0) is 30.6. The summed E-state index contributed by atoms with van der Waals surface area (Å²) in [7, 11) is 0. The minimum atomic E-state index is -0.485. The Morgan fingerprint density at radius 3 is 2.43 bits per heavy atom. The van der Waals surface area contributed by atoms with Gasteiger partial charge in [-0.2, -0.15) is 4.98 Å². The van der Waals surface area contributed by atoms with E-state index in [2.05, 4.69) is 47.9 Å². The van der Waals surface area contributed by atoms with Crippen LogP contribution in [0, 0.1) is 20.8 Å². The van der Waals surface area contributed by atoms with Crippen molar-refractivity contribution in [1.82, 2.24) is 14.8 Å². The van der Waals surface area contributed by atoms with Crippen LogP contribution in [0.4, 0.5) is 11.6 Å². The molecule has 44 heavy (non-hydrogen) atoms. The lowest BCUT2D eigenvalue weighted by molar-refractivity contribution is -0.113. The summed E-state index contributed by atoms with van der Waals surface area (Å²) in [5.74, 6) is 1.91. The minimum absolute atomic E-state index is 0.187. The molecule has 1 aliphatic rings. The molecule has 7 nitrogen and oxygen atoms in total. The number of aromatic nitrogens is 3. The SMILES string of the molecule is CC1=C(C(=O)Nc2cccc(C)c2C)C(c2ccc(OCc3cccc(C)c3)cc2)n2nc(SCc3ccccc3)nc2N1. The van der Waals surface area contributed by atoms with Gasteiger partial charge in [-0.15, -0.1) is 5.10 Å². The van der Waals surface area contributed by atoms with Crippen LogP contribution in [-0.4, -0.2) is 20.7 Å². The van der Waals surface area contributed by atoms with Crippen LogP contribution in [-0.2, 0) is 17.2 Å². The highest BCUT2D eigenvalue weighted by molar-refractivity contribution is 7.98. The molecule has 8 heteroatoms. The number of thioether (sulfide) groups is 1. The highest BCUT2D eigenvalue weighted by Crippen LogP contribution is 2.38. The molecule has 222 valence electrons. The third-order valence-electron chi connectivity index (χ3n) is 7.83. The fourth-order valence-corrected chi connectivity index (χ4v) is 6.09. The molecule has 0 saturated heterocycles. The molecular weight excluding hydrogens is 566 g/mol. The number of hydrogen-bond donors (Lipinski definition) is 2. The predicted octanol–water partition coefficient (Wildman–Crippen LogP) is 8.00. The highest BCUT2D eigenvalue weighted by Gasteiger charge is 2.34. The number of rotatable bonds is 9. The first kappa shape index (κ1) is 29.3. The second-order valence-electron chi connectivity index (χ2n) is 11.1. The summed E-state index contributed by atoms with van der Waals surface area (Å²) < 4.78 is 7.91. The maximum absolute atomic E-state index is 14.0. The Morgan fingerprint density at radius 1 is 0.909 bits per heavy atom. The third-order valence-corrected chi connectivity index (χ3v) is 8.73. The number of nitrogens with one attached hydrogen (secondary N) is 2.